The zero-order valence-corrected chi connectivity index (χ0v) is 13.1. The van der Waals surface area contributed by atoms with Gasteiger partial charge in [0.1, 0.15) is 5.82 Å². The molecule has 4 heteroatoms. The van der Waals surface area contributed by atoms with Gasteiger partial charge < -0.3 is 10.6 Å². The van der Waals surface area contributed by atoms with Crippen LogP contribution in [0.15, 0.2) is 6.07 Å². The second-order valence-electron chi connectivity index (χ2n) is 6.16. The van der Waals surface area contributed by atoms with Crippen LogP contribution in [0.3, 0.4) is 0 Å². The molecule has 0 aromatic carbocycles. The van der Waals surface area contributed by atoms with Crippen molar-refractivity contribution in [1.82, 2.24) is 9.97 Å². The summed E-state index contributed by atoms with van der Waals surface area (Å²) in [5, 5.41) is 6.76. The van der Waals surface area contributed by atoms with Crippen LogP contribution in [-0.4, -0.2) is 23.1 Å². The molecule has 1 heterocycles. The van der Waals surface area contributed by atoms with Gasteiger partial charge >= 0.3 is 0 Å². The summed E-state index contributed by atoms with van der Waals surface area (Å²) < 4.78 is 0. The summed E-state index contributed by atoms with van der Waals surface area (Å²) >= 11 is 0. The molecule has 2 unspecified atom stereocenters. The maximum atomic E-state index is 4.54. The number of hydrogen-bond donors (Lipinski definition) is 2. The molecule has 0 spiro atoms. The van der Waals surface area contributed by atoms with Gasteiger partial charge in [-0.1, -0.05) is 26.7 Å². The molecule has 0 bridgehead atoms. The van der Waals surface area contributed by atoms with Crippen LogP contribution in [0.2, 0.25) is 0 Å². The molecule has 1 aliphatic carbocycles. The lowest BCUT2D eigenvalue weighted by molar-refractivity contribution is 0.293. The molecule has 1 aliphatic rings. The first-order valence-electron chi connectivity index (χ1n) is 8.00. The van der Waals surface area contributed by atoms with Gasteiger partial charge in [0.15, 0.2) is 0 Å². The lowest BCUT2D eigenvalue weighted by Gasteiger charge is -2.27. The first-order valence-corrected chi connectivity index (χ1v) is 8.00. The van der Waals surface area contributed by atoms with E-state index in [0.717, 1.165) is 48.8 Å². The predicted octanol–water partition coefficient (Wildman–Crippen LogP) is 3.85. The summed E-state index contributed by atoms with van der Waals surface area (Å²) in [7, 11) is 0. The second-order valence-corrected chi connectivity index (χ2v) is 6.16. The van der Waals surface area contributed by atoms with E-state index in [1.807, 2.05) is 13.0 Å². The maximum Gasteiger partial charge on any atom is 0.224 e. The van der Waals surface area contributed by atoms with E-state index in [9.17, 15) is 0 Å². The van der Waals surface area contributed by atoms with E-state index < -0.39 is 0 Å². The first-order chi connectivity index (χ1) is 9.67. The first kappa shape index (κ1) is 15.1. The molecule has 0 amide bonds. The minimum atomic E-state index is 0.742. The fraction of sp³-hybridized carbons (Fsp3) is 0.750. The summed E-state index contributed by atoms with van der Waals surface area (Å²) in [6.07, 6.45) is 6.55. The molecule has 4 nitrogen and oxygen atoms in total. The molecule has 2 N–H and O–H groups in total. The lowest BCUT2D eigenvalue weighted by atomic mass is 9.82. The zero-order chi connectivity index (χ0) is 14.4. The number of hydrogen-bond acceptors (Lipinski definition) is 4. The van der Waals surface area contributed by atoms with Gasteiger partial charge in [-0.2, -0.15) is 4.98 Å². The second kappa shape index (κ2) is 7.46. The SMILES string of the molecule is CCCNc1nc(C)cc(NCC2CCCC(C)C2)n1. The van der Waals surface area contributed by atoms with Gasteiger partial charge in [0.25, 0.3) is 0 Å². The monoisotopic (exact) mass is 276 g/mol. The van der Waals surface area contributed by atoms with Crippen molar-refractivity contribution in [2.24, 2.45) is 11.8 Å². The molecule has 1 fully saturated rings. The maximum absolute atomic E-state index is 4.54. The average molecular weight is 276 g/mol. The third-order valence-corrected chi connectivity index (χ3v) is 4.00. The molecule has 1 aromatic rings. The fourth-order valence-corrected chi connectivity index (χ4v) is 2.97. The van der Waals surface area contributed by atoms with Crippen LogP contribution >= 0.6 is 0 Å². The minimum Gasteiger partial charge on any atom is -0.370 e. The zero-order valence-electron chi connectivity index (χ0n) is 13.1. The Kier molecular flexibility index (Phi) is 5.62. The molecule has 0 aliphatic heterocycles. The molecule has 1 saturated carbocycles. The highest BCUT2D eigenvalue weighted by atomic mass is 15.1. The molecule has 2 rings (SSSR count). The van der Waals surface area contributed by atoms with Gasteiger partial charge in [0.05, 0.1) is 0 Å². The normalized spacial score (nSPS) is 22.6. The summed E-state index contributed by atoms with van der Waals surface area (Å²) in [5.41, 5.74) is 1.01. The molecule has 112 valence electrons. The summed E-state index contributed by atoms with van der Waals surface area (Å²) in [5.74, 6) is 3.37. The van der Waals surface area contributed by atoms with Gasteiger partial charge in [-0.15, -0.1) is 0 Å². The molecular weight excluding hydrogens is 248 g/mol. The Balaban J connectivity index is 1.89. The highest BCUT2D eigenvalue weighted by Gasteiger charge is 2.18. The van der Waals surface area contributed by atoms with E-state index >= 15 is 0 Å². The quantitative estimate of drug-likeness (QED) is 0.828. The van der Waals surface area contributed by atoms with E-state index in [-0.39, 0.29) is 0 Å². The highest BCUT2D eigenvalue weighted by Crippen LogP contribution is 2.28. The highest BCUT2D eigenvalue weighted by molar-refractivity contribution is 5.42. The van der Waals surface area contributed by atoms with Crippen LogP contribution < -0.4 is 10.6 Å². The van der Waals surface area contributed by atoms with Crippen molar-refractivity contribution in [2.45, 2.75) is 52.9 Å². The predicted molar refractivity (Wildman–Crippen MR) is 85.2 cm³/mol. The fourth-order valence-electron chi connectivity index (χ4n) is 2.97. The van der Waals surface area contributed by atoms with E-state index in [1.54, 1.807) is 0 Å². The van der Waals surface area contributed by atoms with Gasteiger partial charge in [-0.3, -0.25) is 0 Å². The van der Waals surface area contributed by atoms with Gasteiger partial charge in [-0.05, 0) is 38.0 Å². The third kappa shape index (κ3) is 4.66. The molecular formula is C16H28N4. The van der Waals surface area contributed by atoms with Gasteiger partial charge in [-0.25, -0.2) is 4.98 Å². The van der Waals surface area contributed by atoms with E-state index in [4.69, 9.17) is 0 Å². The van der Waals surface area contributed by atoms with Gasteiger partial charge in [0, 0.05) is 24.8 Å². The largest absolute Gasteiger partial charge is 0.370 e. The van der Waals surface area contributed by atoms with Crippen molar-refractivity contribution in [1.29, 1.82) is 0 Å². The van der Waals surface area contributed by atoms with Crippen LogP contribution in [0.25, 0.3) is 0 Å². The standard InChI is InChI=1S/C16H28N4/c1-4-8-17-16-19-13(3)10-15(20-16)18-11-14-7-5-6-12(2)9-14/h10,12,14H,4-9,11H2,1-3H3,(H2,17,18,19,20). The summed E-state index contributed by atoms with van der Waals surface area (Å²) in [6.45, 7) is 8.49. The lowest BCUT2D eigenvalue weighted by Crippen LogP contribution is -2.21. The van der Waals surface area contributed by atoms with Crippen molar-refractivity contribution >= 4 is 11.8 Å². The minimum absolute atomic E-state index is 0.742. The number of rotatable bonds is 6. The van der Waals surface area contributed by atoms with Crippen LogP contribution in [0, 0.1) is 18.8 Å². The summed E-state index contributed by atoms with van der Waals surface area (Å²) in [4.78, 5) is 8.96. The van der Waals surface area contributed by atoms with Crippen LogP contribution in [0.5, 0.6) is 0 Å². The van der Waals surface area contributed by atoms with Crippen molar-refractivity contribution in [3.8, 4) is 0 Å². The van der Waals surface area contributed by atoms with Crippen LogP contribution in [0.4, 0.5) is 11.8 Å². The van der Waals surface area contributed by atoms with Crippen LogP contribution in [-0.2, 0) is 0 Å². The number of aromatic nitrogens is 2. The Morgan fingerprint density at radius 2 is 2.10 bits per heavy atom. The van der Waals surface area contributed by atoms with E-state index in [2.05, 4.69) is 34.4 Å². The van der Waals surface area contributed by atoms with Crippen molar-refractivity contribution in [3.63, 3.8) is 0 Å². The Morgan fingerprint density at radius 3 is 2.85 bits per heavy atom. The Labute approximate surface area is 122 Å². The molecule has 1 aromatic heterocycles. The third-order valence-electron chi connectivity index (χ3n) is 4.00. The van der Waals surface area contributed by atoms with E-state index in [1.165, 1.54) is 25.7 Å². The van der Waals surface area contributed by atoms with Crippen molar-refractivity contribution in [2.75, 3.05) is 23.7 Å². The Hall–Kier alpha value is -1.32. The van der Waals surface area contributed by atoms with Gasteiger partial charge in [0.2, 0.25) is 5.95 Å². The number of nitrogens with zero attached hydrogens (tertiary/aromatic N) is 2. The Morgan fingerprint density at radius 1 is 1.25 bits per heavy atom. The number of anilines is 2. The number of aryl methyl sites for hydroxylation is 1. The van der Waals surface area contributed by atoms with Crippen molar-refractivity contribution in [3.05, 3.63) is 11.8 Å². The van der Waals surface area contributed by atoms with Crippen LogP contribution in [0.1, 0.15) is 51.6 Å². The average Bonchev–Trinajstić information content (AvgIpc) is 2.42. The molecule has 0 saturated heterocycles. The topological polar surface area (TPSA) is 49.8 Å². The molecule has 2 atom stereocenters. The Bertz CT molecular complexity index is 419. The summed E-state index contributed by atoms with van der Waals surface area (Å²) in [6, 6.07) is 2.03. The number of nitrogens with one attached hydrogen (secondary N) is 2. The van der Waals surface area contributed by atoms with E-state index in [0.29, 0.717) is 0 Å². The van der Waals surface area contributed by atoms with Crippen molar-refractivity contribution < 1.29 is 0 Å². The molecule has 20 heavy (non-hydrogen) atoms. The molecule has 0 radical (unpaired) electrons. The smallest absolute Gasteiger partial charge is 0.224 e.